The van der Waals surface area contributed by atoms with Gasteiger partial charge in [0.25, 0.3) is 0 Å². The van der Waals surface area contributed by atoms with E-state index >= 15 is 0 Å². The van der Waals surface area contributed by atoms with Crippen LogP contribution in [0.1, 0.15) is 32.3 Å². The number of amides is 1. The lowest BCUT2D eigenvalue weighted by molar-refractivity contribution is -0.113. The maximum atomic E-state index is 12.5. The zero-order chi connectivity index (χ0) is 20.8. The molecule has 0 aliphatic heterocycles. The summed E-state index contributed by atoms with van der Waals surface area (Å²) in [6, 6.07) is 15.6. The molecule has 1 heterocycles. The van der Waals surface area contributed by atoms with Crippen LogP contribution in [0, 0.1) is 0 Å². The summed E-state index contributed by atoms with van der Waals surface area (Å²) >= 11 is 1.39. The number of rotatable bonds is 8. The maximum Gasteiger partial charge on any atom is 0.234 e. The molecule has 3 aromatic rings. The molecule has 0 saturated carbocycles. The first-order chi connectivity index (χ1) is 14.0. The van der Waals surface area contributed by atoms with Gasteiger partial charge in [0.2, 0.25) is 5.91 Å². The normalized spacial score (nSPS) is 10.9. The van der Waals surface area contributed by atoms with E-state index in [-0.39, 0.29) is 11.7 Å². The van der Waals surface area contributed by atoms with Crippen molar-refractivity contribution in [1.29, 1.82) is 0 Å². The molecule has 7 heteroatoms. The number of carbonyl (C=O) groups excluding carboxylic acids is 1. The summed E-state index contributed by atoms with van der Waals surface area (Å²) in [6.07, 6.45) is 0. The molecule has 29 heavy (non-hydrogen) atoms. The number of nitrogens with one attached hydrogen (secondary N) is 1. The van der Waals surface area contributed by atoms with Crippen molar-refractivity contribution >= 4 is 23.4 Å². The predicted molar refractivity (Wildman–Crippen MR) is 118 cm³/mol. The smallest absolute Gasteiger partial charge is 0.234 e. The van der Waals surface area contributed by atoms with E-state index in [4.69, 9.17) is 4.74 Å². The van der Waals surface area contributed by atoms with Crippen LogP contribution in [0.5, 0.6) is 5.75 Å². The SMILES string of the molecule is CCn1c(SCC(=O)Nc2ccccc2C(C)C)nnc1-c1ccc(OC)cc1. The largest absolute Gasteiger partial charge is 0.497 e. The second-order valence-corrected chi connectivity index (χ2v) is 7.80. The number of nitrogens with zero attached hydrogens (tertiary/aromatic N) is 3. The van der Waals surface area contributed by atoms with Gasteiger partial charge in [0, 0.05) is 17.8 Å². The summed E-state index contributed by atoms with van der Waals surface area (Å²) < 4.78 is 7.23. The van der Waals surface area contributed by atoms with Crippen molar-refractivity contribution < 1.29 is 9.53 Å². The third-order valence-electron chi connectivity index (χ3n) is 4.57. The van der Waals surface area contributed by atoms with Crippen LogP contribution in [0.4, 0.5) is 5.69 Å². The van der Waals surface area contributed by atoms with Crippen LogP contribution < -0.4 is 10.1 Å². The molecule has 1 aromatic heterocycles. The number of ether oxygens (including phenoxy) is 1. The van der Waals surface area contributed by atoms with Gasteiger partial charge in [-0.15, -0.1) is 10.2 Å². The number of carbonyl (C=O) groups is 1. The molecule has 0 aliphatic carbocycles. The third kappa shape index (κ3) is 4.98. The highest BCUT2D eigenvalue weighted by atomic mass is 32.2. The Bertz CT molecular complexity index is 967. The van der Waals surface area contributed by atoms with E-state index in [1.165, 1.54) is 11.8 Å². The molecule has 0 unspecified atom stereocenters. The maximum absolute atomic E-state index is 12.5. The zero-order valence-corrected chi connectivity index (χ0v) is 18.0. The summed E-state index contributed by atoms with van der Waals surface area (Å²) in [5.74, 6) is 2.13. The number of aromatic nitrogens is 3. The third-order valence-corrected chi connectivity index (χ3v) is 5.54. The molecule has 1 N–H and O–H groups in total. The number of methoxy groups -OCH3 is 1. The van der Waals surface area contributed by atoms with Crippen molar-refractivity contribution in [3.63, 3.8) is 0 Å². The average molecular weight is 411 g/mol. The lowest BCUT2D eigenvalue weighted by Crippen LogP contribution is -2.16. The molecule has 0 radical (unpaired) electrons. The quantitative estimate of drug-likeness (QED) is 0.539. The van der Waals surface area contributed by atoms with Gasteiger partial charge in [-0.2, -0.15) is 0 Å². The van der Waals surface area contributed by atoms with Crippen molar-refractivity contribution in [2.45, 2.75) is 38.4 Å². The van der Waals surface area contributed by atoms with Crippen molar-refractivity contribution in [2.24, 2.45) is 0 Å². The fourth-order valence-corrected chi connectivity index (χ4v) is 3.87. The second-order valence-electron chi connectivity index (χ2n) is 6.86. The Morgan fingerprint density at radius 2 is 1.86 bits per heavy atom. The second kappa shape index (κ2) is 9.60. The van der Waals surface area contributed by atoms with Crippen LogP contribution in [0.25, 0.3) is 11.4 Å². The predicted octanol–water partition coefficient (Wildman–Crippen LogP) is 4.83. The Labute approximate surface area is 175 Å². The van der Waals surface area contributed by atoms with Gasteiger partial charge in [-0.25, -0.2) is 0 Å². The molecular formula is C22H26N4O2S. The number of benzene rings is 2. The summed E-state index contributed by atoms with van der Waals surface area (Å²) in [7, 11) is 1.64. The molecule has 6 nitrogen and oxygen atoms in total. The van der Waals surface area contributed by atoms with Gasteiger partial charge in [-0.3, -0.25) is 4.79 Å². The molecule has 0 atom stereocenters. The minimum atomic E-state index is -0.0558. The summed E-state index contributed by atoms with van der Waals surface area (Å²) in [4.78, 5) is 12.5. The highest BCUT2D eigenvalue weighted by molar-refractivity contribution is 7.99. The monoisotopic (exact) mass is 410 g/mol. The van der Waals surface area contributed by atoms with E-state index in [2.05, 4.69) is 29.4 Å². The molecule has 152 valence electrons. The minimum Gasteiger partial charge on any atom is -0.497 e. The summed E-state index contributed by atoms with van der Waals surface area (Å²) in [5, 5.41) is 12.4. The number of hydrogen-bond acceptors (Lipinski definition) is 5. The van der Waals surface area contributed by atoms with Gasteiger partial charge in [0.05, 0.1) is 12.9 Å². The van der Waals surface area contributed by atoms with Gasteiger partial charge in [0.15, 0.2) is 11.0 Å². The van der Waals surface area contributed by atoms with E-state index in [0.717, 1.165) is 33.5 Å². The van der Waals surface area contributed by atoms with Crippen LogP contribution in [-0.4, -0.2) is 33.5 Å². The van der Waals surface area contributed by atoms with E-state index in [0.29, 0.717) is 12.5 Å². The average Bonchev–Trinajstić information content (AvgIpc) is 3.15. The summed E-state index contributed by atoms with van der Waals surface area (Å²) in [5.41, 5.74) is 2.95. The Balaban J connectivity index is 1.69. The first-order valence-electron chi connectivity index (χ1n) is 9.62. The van der Waals surface area contributed by atoms with Crippen molar-refractivity contribution in [1.82, 2.24) is 14.8 Å². The molecule has 0 fully saturated rings. The van der Waals surface area contributed by atoms with Crippen LogP contribution in [0.15, 0.2) is 53.7 Å². The molecule has 2 aromatic carbocycles. The van der Waals surface area contributed by atoms with E-state index in [1.807, 2.05) is 60.0 Å². The molecule has 0 bridgehead atoms. The Hall–Kier alpha value is -2.80. The first kappa shape index (κ1) is 20.9. The number of thioether (sulfide) groups is 1. The standard InChI is InChI=1S/C22H26N4O2S/c1-5-26-21(16-10-12-17(28-4)13-11-16)24-25-22(26)29-14-20(27)23-19-9-7-6-8-18(19)15(2)3/h6-13,15H,5,14H2,1-4H3,(H,23,27). The van der Waals surface area contributed by atoms with Crippen LogP contribution >= 0.6 is 11.8 Å². The topological polar surface area (TPSA) is 69.0 Å². The Morgan fingerprint density at radius 3 is 2.52 bits per heavy atom. The minimum absolute atomic E-state index is 0.0558. The molecule has 0 spiro atoms. The molecule has 0 saturated heterocycles. The number of hydrogen-bond donors (Lipinski definition) is 1. The molecule has 1 amide bonds. The van der Waals surface area contributed by atoms with E-state index in [1.54, 1.807) is 7.11 Å². The number of para-hydroxylation sites is 1. The van der Waals surface area contributed by atoms with Crippen molar-refractivity contribution in [2.75, 3.05) is 18.2 Å². The summed E-state index contributed by atoms with van der Waals surface area (Å²) in [6.45, 7) is 6.99. The van der Waals surface area contributed by atoms with Gasteiger partial charge >= 0.3 is 0 Å². The van der Waals surface area contributed by atoms with E-state index in [9.17, 15) is 4.79 Å². The van der Waals surface area contributed by atoms with Crippen LogP contribution in [-0.2, 0) is 11.3 Å². The van der Waals surface area contributed by atoms with Gasteiger partial charge < -0.3 is 14.6 Å². The lowest BCUT2D eigenvalue weighted by Gasteiger charge is -2.13. The highest BCUT2D eigenvalue weighted by Crippen LogP contribution is 2.27. The van der Waals surface area contributed by atoms with Crippen LogP contribution in [0.2, 0.25) is 0 Å². The van der Waals surface area contributed by atoms with E-state index < -0.39 is 0 Å². The van der Waals surface area contributed by atoms with Crippen LogP contribution in [0.3, 0.4) is 0 Å². The fourth-order valence-electron chi connectivity index (χ4n) is 3.06. The first-order valence-corrected chi connectivity index (χ1v) is 10.6. The molecular weight excluding hydrogens is 384 g/mol. The zero-order valence-electron chi connectivity index (χ0n) is 17.2. The van der Waals surface area contributed by atoms with Gasteiger partial charge in [-0.05, 0) is 48.7 Å². The Morgan fingerprint density at radius 1 is 1.14 bits per heavy atom. The lowest BCUT2D eigenvalue weighted by atomic mass is 10.0. The van der Waals surface area contributed by atoms with Gasteiger partial charge in [-0.1, -0.05) is 43.8 Å². The molecule has 3 rings (SSSR count). The molecule has 0 aliphatic rings. The Kier molecular flexibility index (Phi) is 6.93. The van der Waals surface area contributed by atoms with Crippen molar-refractivity contribution in [3.8, 4) is 17.1 Å². The van der Waals surface area contributed by atoms with Gasteiger partial charge in [0.1, 0.15) is 5.75 Å². The highest BCUT2D eigenvalue weighted by Gasteiger charge is 2.15. The fraction of sp³-hybridized carbons (Fsp3) is 0.318. The number of anilines is 1. The van der Waals surface area contributed by atoms with Crippen molar-refractivity contribution in [3.05, 3.63) is 54.1 Å².